The summed E-state index contributed by atoms with van der Waals surface area (Å²) in [4.78, 5) is 31.0. The van der Waals surface area contributed by atoms with E-state index in [1.165, 1.54) is 22.3 Å². The highest BCUT2D eigenvalue weighted by Gasteiger charge is 2.36. The first kappa shape index (κ1) is 30.4. The minimum absolute atomic E-state index is 0.0545. The maximum absolute atomic E-state index is 13.2. The van der Waals surface area contributed by atoms with E-state index in [4.69, 9.17) is 11.6 Å². The summed E-state index contributed by atoms with van der Waals surface area (Å²) in [6.07, 6.45) is 3.67. The van der Waals surface area contributed by atoms with Gasteiger partial charge in [0.05, 0.1) is 16.6 Å². The van der Waals surface area contributed by atoms with Gasteiger partial charge in [0.25, 0.3) is 10.0 Å². The van der Waals surface area contributed by atoms with E-state index in [0.29, 0.717) is 43.1 Å². The first-order valence-corrected chi connectivity index (χ1v) is 18.1. The third-order valence-electron chi connectivity index (χ3n) is 6.82. The fourth-order valence-corrected chi connectivity index (χ4v) is 9.70. The van der Waals surface area contributed by atoms with Gasteiger partial charge < -0.3 is 9.80 Å². The van der Waals surface area contributed by atoms with Crippen LogP contribution in [0, 0.1) is 0 Å². The summed E-state index contributed by atoms with van der Waals surface area (Å²) in [7, 11) is -7.34. The normalized spacial score (nSPS) is 20.6. The zero-order valence-electron chi connectivity index (χ0n) is 21.6. The number of carbonyl (C=O) groups is 2. The highest BCUT2D eigenvalue weighted by atomic mass is 35.5. The average molecular weight is 637 g/mol. The largest absolute Gasteiger partial charge is 0.337 e. The standard InChI is InChI=1S/C24H33ClN4O6S4/c1-2-3-14-38(32,33)26-15-17-6-4-13-29(17)22(30)16-28-12-5-7-18(24(28)31)27-39(34,35)23-11-9-20(37-23)19-8-10-21(25)36-19/h8-11,17-18,26-27H,2-7,12-16H2,1H3/t17-,18?/m0/s1. The molecule has 39 heavy (non-hydrogen) atoms. The Hall–Kier alpha value is -1.55. The molecule has 0 radical (unpaired) electrons. The Morgan fingerprint density at radius 3 is 2.49 bits per heavy atom. The number of thiophene rings is 2. The van der Waals surface area contributed by atoms with Gasteiger partial charge in [-0.05, 0) is 56.4 Å². The Bertz CT molecular complexity index is 1390. The second kappa shape index (κ2) is 13.0. The van der Waals surface area contributed by atoms with E-state index >= 15 is 0 Å². The molecule has 15 heteroatoms. The summed E-state index contributed by atoms with van der Waals surface area (Å²) in [5, 5.41) is 0. The van der Waals surface area contributed by atoms with Crippen LogP contribution in [-0.4, -0.2) is 82.5 Å². The highest BCUT2D eigenvalue weighted by Crippen LogP contribution is 2.37. The number of piperidine rings is 1. The van der Waals surface area contributed by atoms with E-state index in [-0.39, 0.29) is 35.0 Å². The Labute approximate surface area is 242 Å². The predicted octanol–water partition coefficient (Wildman–Crippen LogP) is 3.11. The van der Waals surface area contributed by atoms with Gasteiger partial charge in [0.15, 0.2) is 0 Å². The van der Waals surface area contributed by atoms with Crippen LogP contribution in [0.15, 0.2) is 28.5 Å². The van der Waals surface area contributed by atoms with Crippen molar-refractivity contribution in [2.24, 2.45) is 0 Å². The van der Waals surface area contributed by atoms with Gasteiger partial charge in [0.1, 0.15) is 10.3 Å². The van der Waals surface area contributed by atoms with Crippen LogP contribution in [0.4, 0.5) is 0 Å². The minimum atomic E-state index is -3.95. The van der Waals surface area contributed by atoms with E-state index in [1.54, 1.807) is 17.0 Å². The van der Waals surface area contributed by atoms with Crippen LogP contribution in [0.25, 0.3) is 9.75 Å². The molecule has 2 saturated heterocycles. The SMILES string of the molecule is CCCCS(=O)(=O)NC[C@@H]1CCCN1C(=O)CN1CCCC(NS(=O)(=O)c2ccc(-c3ccc(Cl)s3)s2)C1=O. The smallest absolute Gasteiger partial charge is 0.250 e. The van der Waals surface area contributed by atoms with Crippen molar-refractivity contribution in [1.82, 2.24) is 19.2 Å². The first-order valence-electron chi connectivity index (χ1n) is 12.9. The molecule has 0 aromatic carbocycles. The second-order valence-electron chi connectivity index (χ2n) is 9.70. The molecule has 2 aliphatic rings. The molecule has 1 unspecified atom stereocenters. The van der Waals surface area contributed by atoms with Crippen molar-refractivity contribution in [1.29, 1.82) is 0 Å². The summed E-state index contributed by atoms with van der Waals surface area (Å²) in [6.45, 7) is 2.75. The number of carbonyl (C=O) groups excluding carboxylic acids is 2. The zero-order chi connectivity index (χ0) is 28.2. The number of nitrogens with one attached hydrogen (secondary N) is 2. The zero-order valence-corrected chi connectivity index (χ0v) is 25.6. The van der Waals surface area contributed by atoms with Gasteiger partial charge >= 0.3 is 0 Å². The quantitative estimate of drug-likeness (QED) is 0.368. The number of unbranched alkanes of at least 4 members (excludes halogenated alkanes) is 1. The molecule has 2 atom stereocenters. The number of rotatable bonds is 12. The summed E-state index contributed by atoms with van der Waals surface area (Å²) in [5.41, 5.74) is 0. The molecule has 2 aromatic rings. The molecule has 0 aliphatic carbocycles. The molecule has 4 heterocycles. The van der Waals surface area contributed by atoms with Crippen LogP contribution in [0.1, 0.15) is 45.4 Å². The van der Waals surface area contributed by atoms with Crippen LogP contribution in [0.3, 0.4) is 0 Å². The van der Waals surface area contributed by atoms with Crippen LogP contribution >= 0.6 is 34.3 Å². The van der Waals surface area contributed by atoms with E-state index in [1.807, 2.05) is 13.0 Å². The second-order valence-corrected chi connectivity index (χ2v) is 16.4. The van der Waals surface area contributed by atoms with Crippen LogP contribution < -0.4 is 9.44 Å². The van der Waals surface area contributed by atoms with Gasteiger partial charge in [-0.3, -0.25) is 9.59 Å². The van der Waals surface area contributed by atoms with Crippen molar-refractivity contribution in [3.8, 4) is 9.75 Å². The van der Waals surface area contributed by atoms with Gasteiger partial charge in [-0.2, -0.15) is 4.72 Å². The number of sulfonamides is 2. The minimum Gasteiger partial charge on any atom is -0.337 e. The molecule has 0 spiro atoms. The molecule has 10 nitrogen and oxygen atoms in total. The number of hydrogen-bond acceptors (Lipinski definition) is 8. The lowest BCUT2D eigenvalue weighted by Crippen LogP contribution is -2.55. The summed E-state index contributed by atoms with van der Waals surface area (Å²) in [6, 6.07) is 5.57. The van der Waals surface area contributed by atoms with Gasteiger partial charge in [-0.25, -0.2) is 21.6 Å². The lowest BCUT2D eigenvalue weighted by atomic mass is 10.1. The van der Waals surface area contributed by atoms with Crippen molar-refractivity contribution >= 4 is 66.1 Å². The maximum atomic E-state index is 13.2. The topological polar surface area (TPSA) is 133 Å². The Balaban J connectivity index is 1.35. The number of hydrogen-bond donors (Lipinski definition) is 2. The Morgan fingerprint density at radius 2 is 1.77 bits per heavy atom. The van der Waals surface area contributed by atoms with E-state index in [2.05, 4.69) is 9.44 Å². The molecule has 216 valence electrons. The molecule has 2 aromatic heterocycles. The number of halogens is 1. The summed E-state index contributed by atoms with van der Waals surface area (Å²) >= 11 is 8.45. The third-order valence-corrected chi connectivity index (χ3v) is 12.7. The van der Waals surface area contributed by atoms with Crippen LogP contribution in [0.5, 0.6) is 0 Å². The molecular formula is C24H33ClN4O6S4. The number of amides is 2. The highest BCUT2D eigenvalue weighted by molar-refractivity contribution is 7.91. The fourth-order valence-electron chi connectivity index (χ4n) is 4.76. The molecular weight excluding hydrogens is 604 g/mol. The summed E-state index contributed by atoms with van der Waals surface area (Å²) in [5.74, 6) is -0.644. The third kappa shape index (κ3) is 7.80. The van der Waals surface area contributed by atoms with Crippen LogP contribution in [-0.2, 0) is 29.6 Å². The number of likely N-dealkylation sites (tertiary alicyclic amines) is 2. The van der Waals surface area contributed by atoms with Gasteiger partial charge in [-0.15, -0.1) is 22.7 Å². The van der Waals surface area contributed by atoms with Gasteiger partial charge in [0.2, 0.25) is 21.8 Å². The lowest BCUT2D eigenvalue weighted by Gasteiger charge is -2.34. The van der Waals surface area contributed by atoms with Crippen molar-refractivity contribution in [2.75, 3.05) is 31.9 Å². The Morgan fingerprint density at radius 1 is 1.05 bits per heavy atom. The van der Waals surface area contributed by atoms with Crippen LogP contribution in [0.2, 0.25) is 4.34 Å². The Kier molecular flexibility index (Phi) is 10.1. The van der Waals surface area contributed by atoms with Gasteiger partial charge in [-0.1, -0.05) is 24.9 Å². The van der Waals surface area contributed by atoms with E-state index < -0.39 is 32.0 Å². The fraction of sp³-hybridized carbons (Fsp3) is 0.583. The predicted molar refractivity (Wildman–Crippen MR) is 154 cm³/mol. The molecule has 0 bridgehead atoms. The molecule has 4 rings (SSSR count). The van der Waals surface area contributed by atoms with E-state index in [0.717, 1.165) is 33.9 Å². The molecule has 2 aliphatic heterocycles. The van der Waals surface area contributed by atoms with Crippen molar-refractivity contribution in [3.05, 3.63) is 28.6 Å². The van der Waals surface area contributed by atoms with Gasteiger partial charge in [0, 0.05) is 35.4 Å². The monoisotopic (exact) mass is 636 g/mol. The number of nitrogens with zero attached hydrogens (tertiary/aromatic N) is 2. The van der Waals surface area contributed by atoms with E-state index in [9.17, 15) is 26.4 Å². The lowest BCUT2D eigenvalue weighted by molar-refractivity contribution is -0.143. The molecule has 0 saturated carbocycles. The molecule has 2 fully saturated rings. The molecule has 2 amide bonds. The van der Waals surface area contributed by atoms with Crippen molar-refractivity contribution in [3.63, 3.8) is 0 Å². The maximum Gasteiger partial charge on any atom is 0.250 e. The average Bonchev–Trinajstić information content (AvgIpc) is 3.65. The van der Waals surface area contributed by atoms with Crippen molar-refractivity contribution < 1.29 is 26.4 Å². The molecule has 2 N–H and O–H groups in total. The first-order chi connectivity index (χ1) is 18.5. The summed E-state index contributed by atoms with van der Waals surface area (Å²) < 4.78 is 56.4. The van der Waals surface area contributed by atoms with Crippen molar-refractivity contribution in [2.45, 2.75) is 61.7 Å².